The van der Waals surface area contributed by atoms with Crippen LogP contribution in [0.25, 0.3) is 10.9 Å². The van der Waals surface area contributed by atoms with E-state index in [-0.39, 0.29) is 0 Å². The molecule has 0 bridgehead atoms. The highest BCUT2D eigenvalue weighted by molar-refractivity contribution is 7.11. The van der Waals surface area contributed by atoms with Gasteiger partial charge in [0.25, 0.3) is 0 Å². The van der Waals surface area contributed by atoms with Crippen LogP contribution in [0.2, 0.25) is 0 Å². The summed E-state index contributed by atoms with van der Waals surface area (Å²) in [6, 6.07) is 8.17. The molecule has 4 heteroatoms. The zero-order chi connectivity index (χ0) is 10.7. The molecule has 15 heavy (non-hydrogen) atoms. The Balaban J connectivity index is 2.14. The van der Waals surface area contributed by atoms with Gasteiger partial charge in [-0.1, -0.05) is 19.1 Å². The van der Waals surface area contributed by atoms with Crippen LogP contribution in [0, 0.1) is 5.92 Å². The Morgan fingerprint density at radius 3 is 3.07 bits per heavy atom. The third kappa shape index (κ3) is 2.27. The average Bonchev–Trinajstić information content (AvgIpc) is 2.69. The van der Waals surface area contributed by atoms with Crippen molar-refractivity contribution in [1.82, 2.24) is 4.37 Å². The zero-order valence-corrected chi connectivity index (χ0v) is 9.55. The Labute approximate surface area is 93.5 Å². The molecule has 0 aliphatic carbocycles. The summed E-state index contributed by atoms with van der Waals surface area (Å²) in [6.45, 7) is 3.75. The van der Waals surface area contributed by atoms with Crippen molar-refractivity contribution in [3.05, 3.63) is 24.3 Å². The number of nitrogens with one attached hydrogen (secondary N) is 1. The maximum Gasteiger partial charge on any atom is 0.117 e. The highest BCUT2D eigenvalue weighted by atomic mass is 32.1. The smallest absolute Gasteiger partial charge is 0.117 e. The van der Waals surface area contributed by atoms with Crippen LogP contribution in [0.15, 0.2) is 24.3 Å². The Bertz CT molecular complexity index is 438. The number of aromatic nitrogens is 1. The topological polar surface area (TPSA) is 50.9 Å². The van der Waals surface area contributed by atoms with E-state index >= 15 is 0 Å². The summed E-state index contributed by atoms with van der Waals surface area (Å²) in [5.74, 6) is 0.492. The van der Waals surface area contributed by atoms with E-state index in [0.717, 1.165) is 17.1 Å². The van der Waals surface area contributed by atoms with Gasteiger partial charge in [-0.2, -0.15) is 4.37 Å². The summed E-state index contributed by atoms with van der Waals surface area (Å²) in [6.07, 6.45) is 0. The molecule has 0 amide bonds. The van der Waals surface area contributed by atoms with Crippen molar-refractivity contribution in [2.75, 3.05) is 18.4 Å². The van der Waals surface area contributed by atoms with Gasteiger partial charge in [-0.05, 0) is 36.1 Å². The third-order valence-corrected chi connectivity index (χ3v) is 3.23. The average molecular weight is 221 g/mol. The lowest BCUT2D eigenvalue weighted by Crippen LogP contribution is -2.19. The molecule has 0 radical (unpaired) electrons. The van der Waals surface area contributed by atoms with Crippen LogP contribution in [-0.2, 0) is 0 Å². The summed E-state index contributed by atoms with van der Waals surface area (Å²) >= 11 is 1.51. The van der Waals surface area contributed by atoms with Crippen molar-refractivity contribution in [2.45, 2.75) is 6.92 Å². The van der Waals surface area contributed by atoms with E-state index in [4.69, 9.17) is 5.73 Å². The van der Waals surface area contributed by atoms with Gasteiger partial charge in [0.1, 0.15) is 5.00 Å². The first kappa shape index (κ1) is 10.4. The van der Waals surface area contributed by atoms with Crippen molar-refractivity contribution in [2.24, 2.45) is 11.7 Å². The molecule has 3 N–H and O–H groups in total. The van der Waals surface area contributed by atoms with Crippen LogP contribution in [-0.4, -0.2) is 17.5 Å². The monoisotopic (exact) mass is 221 g/mol. The number of nitrogens with two attached hydrogens (primary N) is 1. The van der Waals surface area contributed by atoms with E-state index in [9.17, 15) is 0 Å². The Kier molecular flexibility index (Phi) is 3.18. The minimum atomic E-state index is 0.492. The Hall–Kier alpha value is -1.13. The highest BCUT2D eigenvalue weighted by Crippen LogP contribution is 2.27. The minimum absolute atomic E-state index is 0.492. The first-order chi connectivity index (χ1) is 7.31. The maximum absolute atomic E-state index is 5.57. The van der Waals surface area contributed by atoms with Crippen molar-refractivity contribution in [1.29, 1.82) is 0 Å². The molecule has 2 rings (SSSR count). The van der Waals surface area contributed by atoms with Gasteiger partial charge in [-0.15, -0.1) is 0 Å². The second-order valence-electron chi connectivity index (χ2n) is 3.75. The number of nitrogens with zero attached hydrogens (tertiary/aromatic N) is 1. The normalized spacial score (nSPS) is 12.9. The van der Waals surface area contributed by atoms with Gasteiger partial charge >= 0.3 is 0 Å². The largest absolute Gasteiger partial charge is 0.375 e. The van der Waals surface area contributed by atoms with Crippen LogP contribution < -0.4 is 11.1 Å². The van der Waals surface area contributed by atoms with Gasteiger partial charge < -0.3 is 11.1 Å². The lowest BCUT2D eigenvalue weighted by Gasteiger charge is -2.09. The van der Waals surface area contributed by atoms with Gasteiger partial charge in [-0.25, -0.2) is 0 Å². The highest BCUT2D eigenvalue weighted by Gasteiger charge is 2.05. The molecule has 0 fully saturated rings. The number of hydrogen-bond acceptors (Lipinski definition) is 4. The number of fused-ring (bicyclic) bond motifs is 1. The van der Waals surface area contributed by atoms with E-state index in [1.54, 1.807) is 0 Å². The molecule has 0 saturated carbocycles. The number of benzene rings is 1. The van der Waals surface area contributed by atoms with Crippen LogP contribution in [0.3, 0.4) is 0 Å². The molecule has 0 aliphatic rings. The van der Waals surface area contributed by atoms with Gasteiger partial charge in [0.2, 0.25) is 0 Å². The zero-order valence-electron chi connectivity index (χ0n) is 8.73. The SMILES string of the molecule is CC(CN)CNc1snc2ccccc12. The summed E-state index contributed by atoms with van der Waals surface area (Å²) in [7, 11) is 0. The van der Waals surface area contributed by atoms with Crippen molar-refractivity contribution in [3.8, 4) is 0 Å². The lowest BCUT2D eigenvalue weighted by molar-refractivity contribution is 0.629. The summed E-state index contributed by atoms with van der Waals surface area (Å²) in [5, 5.41) is 5.74. The predicted molar refractivity (Wildman–Crippen MR) is 66.3 cm³/mol. The van der Waals surface area contributed by atoms with Gasteiger partial charge in [0.15, 0.2) is 0 Å². The molecule has 1 unspecified atom stereocenters. The molecule has 2 aromatic rings. The van der Waals surface area contributed by atoms with E-state index in [0.29, 0.717) is 12.5 Å². The summed E-state index contributed by atoms with van der Waals surface area (Å²) in [5.41, 5.74) is 6.63. The molecule has 0 spiro atoms. The van der Waals surface area contributed by atoms with Crippen LogP contribution >= 0.6 is 11.5 Å². The summed E-state index contributed by atoms with van der Waals surface area (Å²) in [4.78, 5) is 0. The molecular formula is C11H15N3S. The fraction of sp³-hybridized carbons (Fsp3) is 0.364. The first-order valence-corrected chi connectivity index (χ1v) is 5.87. The van der Waals surface area contributed by atoms with E-state index in [1.165, 1.54) is 16.9 Å². The minimum Gasteiger partial charge on any atom is -0.375 e. The second-order valence-corrected chi connectivity index (χ2v) is 4.52. The fourth-order valence-corrected chi connectivity index (χ4v) is 2.13. The summed E-state index contributed by atoms with van der Waals surface area (Å²) < 4.78 is 4.37. The quantitative estimate of drug-likeness (QED) is 0.833. The Morgan fingerprint density at radius 2 is 2.27 bits per heavy atom. The molecular weight excluding hydrogens is 206 g/mol. The standard InChI is InChI=1S/C11H15N3S/c1-8(6-12)7-13-11-9-4-2-3-5-10(9)14-15-11/h2-5,8,13H,6-7,12H2,1H3. The molecule has 1 aromatic carbocycles. The van der Waals surface area contributed by atoms with Crippen molar-refractivity contribution < 1.29 is 0 Å². The molecule has 0 aliphatic heterocycles. The number of rotatable bonds is 4. The van der Waals surface area contributed by atoms with Gasteiger partial charge in [0, 0.05) is 11.9 Å². The van der Waals surface area contributed by atoms with Crippen LogP contribution in [0.1, 0.15) is 6.92 Å². The van der Waals surface area contributed by atoms with Crippen molar-refractivity contribution in [3.63, 3.8) is 0 Å². The lowest BCUT2D eigenvalue weighted by atomic mass is 10.2. The van der Waals surface area contributed by atoms with Crippen LogP contribution in [0.5, 0.6) is 0 Å². The van der Waals surface area contributed by atoms with Gasteiger partial charge in [-0.3, -0.25) is 0 Å². The Morgan fingerprint density at radius 1 is 1.47 bits per heavy atom. The van der Waals surface area contributed by atoms with Crippen LogP contribution in [0.4, 0.5) is 5.00 Å². The van der Waals surface area contributed by atoms with E-state index in [1.807, 2.05) is 18.2 Å². The third-order valence-electron chi connectivity index (χ3n) is 2.40. The van der Waals surface area contributed by atoms with E-state index < -0.39 is 0 Å². The molecule has 1 aromatic heterocycles. The van der Waals surface area contributed by atoms with Gasteiger partial charge in [0.05, 0.1) is 5.52 Å². The predicted octanol–water partition coefficient (Wildman–Crippen LogP) is 2.30. The van der Waals surface area contributed by atoms with E-state index in [2.05, 4.69) is 22.7 Å². The number of anilines is 1. The number of hydrogen-bond donors (Lipinski definition) is 2. The molecule has 3 nitrogen and oxygen atoms in total. The molecule has 1 atom stereocenters. The molecule has 0 saturated heterocycles. The molecule has 80 valence electrons. The second kappa shape index (κ2) is 4.59. The molecule has 1 heterocycles. The maximum atomic E-state index is 5.57. The van der Waals surface area contributed by atoms with Crippen molar-refractivity contribution >= 4 is 27.4 Å². The fourth-order valence-electron chi connectivity index (χ4n) is 1.37. The first-order valence-electron chi connectivity index (χ1n) is 5.09.